The Morgan fingerprint density at radius 1 is 1.29 bits per heavy atom. The van der Waals surface area contributed by atoms with Crippen LogP contribution in [0.2, 0.25) is 0 Å². The van der Waals surface area contributed by atoms with Crippen LogP contribution in [0.5, 0.6) is 0 Å². The minimum atomic E-state index is -3.51. The van der Waals surface area contributed by atoms with Crippen molar-refractivity contribution in [3.63, 3.8) is 0 Å². The summed E-state index contributed by atoms with van der Waals surface area (Å²) in [6, 6.07) is 0.274. The van der Waals surface area contributed by atoms with Crippen LogP contribution in [0.25, 0.3) is 0 Å². The Hall–Kier alpha value is -0.920. The van der Waals surface area contributed by atoms with Crippen molar-refractivity contribution in [2.24, 2.45) is 5.92 Å². The van der Waals surface area contributed by atoms with E-state index in [1.165, 1.54) is 4.31 Å². The SMILES string of the molecule is CCN(CC(C)C)S(=O)(=O)c1c(CNC(C)C)n[nH]c1C. The maximum atomic E-state index is 12.9. The third kappa shape index (κ3) is 4.52. The van der Waals surface area contributed by atoms with Crippen molar-refractivity contribution in [1.29, 1.82) is 0 Å². The number of H-pyrrole nitrogens is 1. The molecule has 0 aliphatic carbocycles. The number of nitrogens with one attached hydrogen (secondary N) is 2. The van der Waals surface area contributed by atoms with Crippen LogP contribution < -0.4 is 5.32 Å². The third-order valence-electron chi connectivity index (χ3n) is 3.16. The molecule has 1 rings (SSSR count). The van der Waals surface area contributed by atoms with Gasteiger partial charge in [-0.1, -0.05) is 34.6 Å². The minimum Gasteiger partial charge on any atom is -0.309 e. The molecule has 0 aromatic carbocycles. The second-order valence-corrected chi connectivity index (χ2v) is 7.88. The van der Waals surface area contributed by atoms with E-state index in [1.54, 1.807) is 6.92 Å². The first kappa shape index (κ1) is 18.1. The molecule has 0 bridgehead atoms. The van der Waals surface area contributed by atoms with E-state index in [9.17, 15) is 8.42 Å². The fourth-order valence-corrected chi connectivity index (χ4v) is 4.11. The number of sulfonamides is 1. The van der Waals surface area contributed by atoms with Gasteiger partial charge in [0.25, 0.3) is 0 Å². The van der Waals surface area contributed by atoms with Crippen LogP contribution in [-0.2, 0) is 16.6 Å². The summed E-state index contributed by atoms with van der Waals surface area (Å²) < 4.78 is 27.3. The fourth-order valence-electron chi connectivity index (χ4n) is 2.17. The average Bonchev–Trinajstić information content (AvgIpc) is 2.74. The zero-order valence-corrected chi connectivity index (χ0v) is 14.7. The smallest absolute Gasteiger partial charge is 0.246 e. The molecule has 0 saturated heterocycles. The van der Waals surface area contributed by atoms with Crippen LogP contribution in [-0.4, -0.2) is 42.1 Å². The lowest BCUT2D eigenvalue weighted by Gasteiger charge is -2.22. The number of aromatic nitrogens is 2. The Morgan fingerprint density at radius 2 is 1.90 bits per heavy atom. The van der Waals surface area contributed by atoms with Gasteiger partial charge in [-0.3, -0.25) is 5.10 Å². The van der Waals surface area contributed by atoms with Gasteiger partial charge >= 0.3 is 0 Å². The van der Waals surface area contributed by atoms with E-state index in [4.69, 9.17) is 0 Å². The number of rotatable bonds is 8. The maximum Gasteiger partial charge on any atom is 0.246 e. The van der Waals surface area contributed by atoms with Crippen LogP contribution >= 0.6 is 0 Å². The second kappa shape index (κ2) is 7.38. The van der Waals surface area contributed by atoms with Crippen molar-refractivity contribution in [3.05, 3.63) is 11.4 Å². The summed E-state index contributed by atoms with van der Waals surface area (Å²) in [6.45, 7) is 13.1. The van der Waals surface area contributed by atoms with Gasteiger partial charge in [0.15, 0.2) is 0 Å². The van der Waals surface area contributed by atoms with E-state index in [1.807, 2.05) is 34.6 Å². The number of aryl methyl sites for hydroxylation is 1. The summed E-state index contributed by atoms with van der Waals surface area (Å²) in [5.74, 6) is 0.282. The Balaban J connectivity index is 3.14. The van der Waals surface area contributed by atoms with Crippen molar-refractivity contribution in [1.82, 2.24) is 19.8 Å². The van der Waals surface area contributed by atoms with Crippen LogP contribution in [0, 0.1) is 12.8 Å². The van der Waals surface area contributed by atoms with E-state index < -0.39 is 10.0 Å². The zero-order chi connectivity index (χ0) is 16.2. The molecular weight excluding hydrogens is 288 g/mol. The van der Waals surface area contributed by atoms with Crippen LogP contribution in [0.1, 0.15) is 46.0 Å². The van der Waals surface area contributed by atoms with E-state index in [0.29, 0.717) is 35.9 Å². The topological polar surface area (TPSA) is 78.1 Å². The number of hydrogen-bond acceptors (Lipinski definition) is 4. The molecule has 2 N–H and O–H groups in total. The normalized spacial score (nSPS) is 12.8. The molecule has 122 valence electrons. The van der Waals surface area contributed by atoms with Gasteiger partial charge in [0.2, 0.25) is 10.0 Å². The van der Waals surface area contributed by atoms with E-state index in [0.717, 1.165) is 0 Å². The summed E-state index contributed by atoms with van der Waals surface area (Å²) in [5, 5.41) is 10.2. The first-order valence-electron chi connectivity index (χ1n) is 7.47. The molecule has 6 nitrogen and oxygen atoms in total. The lowest BCUT2D eigenvalue weighted by molar-refractivity contribution is 0.380. The molecule has 0 spiro atoms. The van der Waals surface area contributed by atoms with Gasteiger partial charge in [0, 0.05) is 25.7 Å². The van der Waals surface area contributed by atoms with Crippen molar-refractivity contribution in [2.45, 2.75) is 59.0 Å². The van der Waals surface area contributed by atoms with Crippen molar-refractivity contribution < 1.29 is 8.42 Å². The first-order valence-corrected chi connectivity index (χ1v) is 8.91. The molecule has 0 atom stereocenters. The quantitative estimate of drug-likeness (QED) is 0.767. The second-order valence-electron chi connectivity index (χ2n) is 6.01. The van der Waals surface area contributed by atoms with Crippen molar-refractivity contribution in [2.75, 3.05) is 13.1 Å². The molecular formula is C14H28N4O2S. The Bertz CT molecular complexity index is 549. The summed E-state index contributed by atoms with van der Waals surface area (Å²) in [4.78, 5) is 0.318. The predicted octanol–water partition coefficient (Wildman–Crippen LogP) is 1.88. The summed E-state index contributed by atoms with van der Waals surface area (Å²) in [5.41, 5.74) is 1.15. The van der Waals surface area contributed by atoms with Crippen LogP contribution in [0.3, 0.4) is 0 Å². The molecule has 0 saturated carbocycles. The monoisotopic (exact) mass is 316 g/mol. The van der Waals surface area contributed by atoms with Crippen LogP contribution in [0.15, 0.2) is 4.90 Å². The van der Waals surface area contributed by atoms with Gasteiger partial charge < -0.3 is 5.32 Å². The summed E-state index contributed by atoms with van der Waals surface area (Å²) in [7, 11) is -3.51. The Morgan fingerprint density at radius 3 is 2.38 bits per heavy atom. The highest BCUT2D eigenvalue weighted by atomic mass is 32.2. The summed E-state index contributed by atoms with van der Waals surface area (Å²) in [6.07, 6.45) is 0. The number of nitrogens with zero attached hydrogens (tertiary/aromatic N) is 2. The first-order chi connectivity index (χ1) is 9.70. The largest absolute Gasteiger partial charge is 0.309 e. The van der Waals surface area contributed by atoms with Crippen molar-refractivity contribution in [3.8, 4) is 0 Å². The van der Waals surface area contributed by atoms with E-state index >= 15 is 0 Å². The Kier molecular flexibility index (Phi) is 6.37. The molecule has 1 aromatic heterocycles. The molecule has 0 amide bonds. The lowest BCUT2D eigenvalue weighted by Crippen LogP contribution is -2.35. The molecule has 1 heterocycles. The summed E-state index contributed by atoms with van der Waals surface area (Å²) >= 11 is 0. The standard InChI is InChI=1S/C14H28N4O2S/c1-7-18(9-10(2)3)21(19,20)14-12(6)16-17-13(14)8-15-11(4)5/h10-11,15H,7-9H2,1-6H3,(H,16,17). The zero-order valence-electron chi connectivity index (χ0n) is 13.9. The molecule has 0 fully saturated rings. The molecule has 0 aliphatic rings. The average molecular weight is 316 g/mol. The molecule has 7 heteroatoms. The molecule has 0 unspecified atom stereocenters. The van der Waals surface area contributed by atoms with Gasteiger partial charge in [-0.25, -0.2) is 8.42 Å². The highest BCUT2D eigenvalue weighted by Crippen LogP contribution is 2.23. The Labute approximate surface area is 128 Å². The van der Waals surface area contributed by atoms with Gasteiger partial charge in [0.1, 0.15) is 4.90 Å². The fraction of sp³-hybridized carbons (Fsp3) is 0.786. The predicted molar refractivity (Wildman–Crippen MR) is 84.6 cm³/mol. The van der Waals surface area contributed by atoms with E-state index in [-0.39, 0.29) is 12.0 Å². The van der Waals surface area contributed by atoms with Gasteiger partial charge in [-0.15, -0.1) is 0 Å². The molecule has 1 aromatic rings. The van der Waals surface area contributed by atoms with E-state index in [2.05, 4.69) is 15.5 Å². The molecule has 0 aliphatic heterocycles. The third-order valence-corrected chi connectivity index (χ3v) is 5.30. The van der Waals surface area contributed by atoms with Gasteiger partial charge in [-0.2, -0.15) is 9.40 Å². The van der Waals surface area contributed by atoms with Crippen LogP contribution in [0.4, 0.5) is 0 Å². The molecule has 21 heavy (non-hydrogen) atoms. The number of hydrogen-bond donors (Lipinski definition) is 2. The highest BCUT2D eigenvalue weighted by molar-refractivity contribution is 7.89. The maximum absolute atomic E-state index is 12.9. The van der Waals surface area contributed by atoms with Crippen molar-refractivity contribution >= 4 is 10.0 Å². The molecule has 0 radical (unpaired) electrons. The lowest BCUT2D eigenvalue weighted by atomic mass is 10.2. The van der Waals surface area contributed by atoms with Gasteiger partial charge in [-0.05, 0) is 12.8 Å². The number of aromatic amines is 1. The van der Waals surface area contributed by atoms with Gasteiger partial charge in [0.05, 0.1) is 11.4 Å². The minimum absolute atomic E-state index is 0.274. The highest BCUT2D eigenvalue weighted by Gasteiger charge is 2.30.